The summed E-state index contributed by atoms with van der Waals surface area (Å²) in [6, 6.07) is 6.81. The number of rotatable bonds is 4. The lowest BCUT2D eigenvalue weighted by molar-refractivity contribution is -0.122. The van der Waals surface area contributed by atoms with Crippen molar-refractivity contribution in [2.75, 3.05) is 5.32 Å². The molecule has 94 valence electrons. The van der Waals surface area contributed by atoms with Gasteiger partial charge in [0.05, 0.1) is 0 Å². The van der Waals surface area contributed by atoms with Crippen LogP contribution in [0.5, 0.6) is 5.75 Å². The first kappa shape index (κ1) is 12.8. The summed E-state index contributed by atoms with van der Waals surface area (Å²) in [5.41, 5.74) is 1.54. The molecular weight excluding hydrogens is 274 g/mol. The van der Waals surface area contributed by atoms with E-state index in [4.69, 9.17) is 16.3 Å². The van der Waals surface area contributed by atoms with Crippen molar-refractivity contribution in [3.05, 3.63) is 34.8 Å². The molecule has 1 unspecified atom stereocenters. The second-order valence-corrected chi connectivity index (χ2v) is 4.72. The first-order valence-electron chi connectivity index (χ1n) is 5.14. The third kappa shape index (κ3) is 3.41. The van der Waals surface area contributed by atoms with Gasteiger partial charge in [0.1, 0.15) is 11.3 Å². The van der Waals surface area contributed by atoms with Gasteiger partial charge in [-0.15, -0.1) is 10.2 Å². The van der Waals surface area contributed by atoms with Crippen LogP contribution in [0.1, 0.15) is 6.92 Å². The van der Waals surface area contributed by atoms with Gasteiger partial charge < -0.3 is 4.74 Å². The third-order valence-corrected chi connectivity index (χ3v) is 2.94. The Labute approximate surface area is 113 Å². The van der Waals surface area contributed by atoms with Crippen LogP contribution in [0.4, 0.5) is 5.13 Å². The van der Waals surface area contributed by atoms with E-state index < -0.39 is 6.10 Å². The van der Waals surface area contributed by atoms with E-state index in [1.54, 1.807) is 36.7 Å². The number of hydrogen-bond acceptors (Lipinski definition) is 5. The van der Waals surface area contributed by atoms with Crippen LogP contribution in [-0.2, 0) is 4.79 Å². The molecule has 1 N–H and O–H groups in total. The van der Waals surface area contributed by atoms with Crippen molar-refractivity contribution in [2.45, 2.75) is 13.0 Å². The number of amides is 1. The van der Waals surface area contributed by atoms with Gasteiger partial charge >= 0.3 is 0 Å². The molecule has 1 aromatic carbocycles. The first-order valence-corrected chi connectivity index (χ1v) is 6.40. The summed E-state index contributed by atoms with van der Waals surface area (Å²) in [4.78, 5) is 11.8. The second kappa shape index (κ2) is 5.79. The minimum absolute atomic E-state index is 0.276. The smallest absolute Gasteiger partial charge is 0.266 e. The molecule has 0 aliphatic heterocycles. The lowest BCUT2D eigenvalue weighted by Gasteiger charge is -2.13. The van der Waals surface area contributed by atoms with Gasteiger partial charge in [-0.3, -0.25) is 10.1 Å². The van der Waals surface area contributed by atoms with E-state index in [0.717, 1.165) is 0 Å². The van der Waals surface area contributed by atoms with Crippen LogP contribution in [0.15, 0.2) is 29.8 Å². The molecule has 0 saturated carbocycles. The van der Waals surface area contributed by atoms with Crippen LogP contribution in [0.25, 0.3) is 0 Å². The number of halogens is 1. The van der Waals surface area contributed by atoms with Crippen molar-refractivity contribution in [1.29, 1.82) is 0 Å². The maximum absolute atomic E-state index is 11.8. The number of anilines is 1. The number of carbonyl (C=O) groups excluding carboxylic acids is 1. The summed E-state index contributed by atoms with van der Waals surface area (Å²) in [7, 11) is 0. The molecule has 1 atom stereocenters. The summed E-state index contributed by atoms with van der Waals surface area (Å²) >= 11 is 7.01. The maximum atomic E-state index is 11.8. The van der Waals surface area contributed by atoms with Crippen molar-refractivity contribution in [3.8, 4) is 5.75 Å². The van der Waals surface area contributed by atoms with Gasteiger partial charge in [-0.25, -0.2) is 0 Å². The van der Waals surface area contributed by atoms with Gasteiger partial charge in [0.15, 0.2) is 6.10 Å². The number of carbonyl (C=O) groups is 1. The second-order valence-electron chi connectivity index (χ2n) is 3.45. The van der Waals surface area contributed by atoms with E-state index in [1.807, 2.05) is 0 Å². The highest BCUT2D eigenvalue weighted by atomic mass is 35.5. The molecule has 5 nitrogen and oxygen atoms in total. The van der Waals surface area contributed by atoms with E-state index in [0.29, 0.717) is 15.9 Å². The average Bonchev–Trinajstić information content (AvgIpc) is 2.85. The first-order chi connectivity index (χ1) is 8.65. The largest absolute Gasteiger partial charge is 0.481 e. The van der Waals surface area contributed by atoms with Gasteiger partial charge in [-0.2, -0.15) is 0 Å². The van der Waals surface area contributed by atoms with Crippen LogP contribution < -0.4 is 10.1 Å². The number of hydrogen-bond donors (Lipinski definition) is 1. The molecule has 2 aromatic rings. The minimum Gasteiger partial charge on any atom is -0.481 e. The molecule has 7 heteroatoms. The number of aromatic nitrogens is 2. The van der Waals surface area contributed by atoms with E-state index in [-0.39, 0.29) is 5.91 Å². The fraction of sp³-hybridized carbons (Fsp3) is 0.182. The van der Waals surface area contributed by atoms with Crippen LogP contribution in [0.2, 0.25) is 5.02 Å². The zero-order valence-corrected chi connectivity index (χ0v) is 11.0. The molecule has 0 aliphatic carbocycles. The number of benzene rings is 1. The number of nitrogens with one attached hydrogen (secondary N) is 1. The fourth-order valence-corrected chi connectivity index (χ4v) is 1.78. The van der Waals surface area contributed by atoms with Gasteiger partial charge in [0.2, 0.25) is 5.13 Å². The molecule has 1 heterocycles. The van der Waals surface area contributed by atoms with E-state index in [1.165, 1.54) is 11.3 Å². The predicted octanol–water partition coefficient (Wildman–Crippen LogP) is 2.60. The zero-order valence-electron chi connectivity index (χ0n) is 9.46. The minimum atomic E-state index is -0.630. The van der Waals surface area contributed by atoms with Crippen LogP contribution >= 0.6 is 22.9 Å². The summed E-state index contributed by atoms with van der Waals surface area (Å²) in [5, 5.41) is 11.0. The van der Waals surface area contributed by atoms with Gasteiger partial charge in [-0.05, 0) is 31.2 Å². The molecule has 1 aromatic heterocycles. The van der Waals surface area contributed by atoms with Gasteiger partial charge in [0.25, 0.3) is 5.91 Å². The molecule has 0 aliphatic rings. The Hall–Kier alpha value is -1.66. The van der Waals surface area contributed by atoms with Crippen LogP contribution in [0, 0.1) is 0 Å². The van der Waals surface area contributed by atoms with Crippen molar-refractivity contribution in [3.63, 3.8) is 0 Å². The normalized spacial score (nSPS) is 11.9. The van der Waals surface area contributed by atoms with Crippen LogP contribution in [-0.4, -0.2) is 22.2 Å². The Morgan fingerprint density at radius 3 is 2.78 bits per heavy atom. The highest BCUT2D eigenvalue weighted by molar-refractivity contribution is 7.13. The molecule has 18 heavy (non-hydrogen) atoms. The third-order valence-electron chi connectivity index (χ3n) is 2.09. The van der Waals surface area contributed by atoms with Crippen molar-refractivity contribution < 1.29 is 9.53 Å². The molecule has 2 rings (SSSR count). The predicted molar refractivity (Wildman–Crippen MR) is 70.1 cm³/mol. The average molecular weight is 284 g/mol. The van der Waals surface area contributed by atoms with Crippen molar-refractivity contribution in [2.24, 2.45) is 0 Å². The van der Waals surface area contributed by atoms with Crippen molar-refractivity contribution >= 4 is 34.0 Å². The number of nitrogens with zero attached hydrogens (tertiary/aromatic N) is 2. The zero-order chi connectivity index (χ0) is 13.0. The number of ether oxygens (including phenoxy) is 1. The Bertz CT molecular complexity index is 516. The Balaban J connectivity index is 1.93. The Morgan fingerprint density at radius 1 is 1.44 bits per heavy atom. The maximum Gasteiger partial charge on any atom is 0.266 e. The molecule has 0 fully saturated rings. The lowest BCUT2D eigenvalue weighted by Crippen LogP contribution is -2.30. The molecule has 0 spiro atoms. The monoisotopic (exact) mass is 283 g/mol. The highest BCUT2D eigenvalue weighted by Crippen LogP contribution is 2.17. The topological polar surface area (TPSA) is 64.1 Å². The van der Waals surface area contributed by atoms with E-state index in [2.05, 4.69) is 15.5 Å². The molecule has 0 saturated heterocycles. The SMILES string of the molecule is CC(Oc1ccc(Cl)cc1)C(=O)Nc1nncs1. The molecule has 0 radical (unpaired) electrons. The quantitative estimate of drug-likeness (QED) is 0.937. The summed E-state index contributed by atoms with van der Waals surface area (Å²) in [5.74, 6) is 0.306. The molecule has 1 amide bonds. The lowest BCUT2D eigenvalue weighted by atomic mass is 10.3. The fourth-order valence-electron chi connectivity index (χ4n) is 1.21. The summed E-state index contributed by atoms with van der Waals surface area (Å²) in [6.07, 6.45) is -0.630. The molecule has 0 bridgehead atoms. The Kier molecular flexibility index (Phi) is 4.11. The Morgan fingerprint density at radius 2 is 2.17 bits per heavy atom. The summed E-state index contributed by atoms with van der Waals surface area (Å²) < 4.78 is 5.47. The standard InChI is InChI=1S/C11H10ClN3O2S/c1-7(10(16)14-11-15-13-6-18-11)17-9-4-2-8(12)3-5-9/h2-7H,1H3,(H,14,15,16). The van der Waals surface area contributed by atoms with Crippen molar-refractivity contribution in [1.82, 2.24) is 10.2 Å². The van der Waals surface area contributed by atoms with Gasteiger partial charge in [0, 0.05) is 5.02 Å². The molecular formula is C11H10ClN3O2S. The summed E-state index contributed by atoms with van der Waals surface area (Å²) in [6.45, 7) is 1.66. The van der Waals surface area contributed by atoms with E-state index in [9.17, 15) is 4.79 Å². The van der Waals surface area contributed by atoms with Gasteiger partial charge in [-0.1, -0.05) is 22.9 Å². The van der Waals surface area contributed by atoms with E-state index >= 15 is 0 Å². The highest BCUT2D eigenvalue weighted by Gasteiger charge is 2.15. The van der Waals surface area contributed by atoms with Crippen LogP contribution in [0.3, 0.4) is 0 Å².